The van der Waals surface area contributed by atoms with E-state index in [-0.39, 0.29) is 5.78 Å². The maximum Gasteiger partial charge on any atom is 0.193 e. The molecule has 17 heavy (non-hydrogen) atoms. The summed E-state index contributed by atoms with van der Waals surface area (Å²) in [5.74, 6) is 0.0219. The summed E-state index contributed by atoms with van der Waals surface area (Å²) in [6, 6.07) is 12.8. The van der Waals surface area contributed by atoms with E-state index in [4.69, 9.17) is 11.6 Å². The minimum atomic E-state index is 0.0219. The fraction of sp³-hybridized carbons (Fsp3) is 0.133. The Balaban J connectivity index is 2.48. The van der Waals surface area contributed by atoms with Gasteiger partial charge in [-0.1, -0.05) is 41.9 Å². The van der Waals surface area contributed by atoms with Crippen LogP contribution in [0.4, 0.5) is 0 Å². The Hall–Kier alpha value is -1.60. The monoisotopic (exact) mass is 244 g/mol. The zero-order valence-electron chi connectivity index (χ0n) is 9.83. The number of halogens is 1. The molecule has 0 aliphatic rings. The van der Waals surface area contributed by atoms with Crippen molar-refractivity contribution in [1.29, 1.82) is 0 Å². The fourth-order valence-electron chi connectivity index (χ4n) is 1.78. The summed E-state index contributed by atoms with van der Waals surface area (Å²) >= 11 is 5.90. The normalized spacial score (nSPS) is 10.3. The van der Waals surface area contributed by atoms with Crippen LogP contribution in [0.1, 0.15) is 27.0 Å². The molecule has 2 rings (SSSR count). The summed E-state index contributed by atoms with van der Waals surface area (Å²) in [6.07, 6.45) is 0. The number of benzene rings is 2. The minimum absolute atomic E-state index is 0.0219. The molecule has 0 unspecified atom stereocenters. The third-order valence-electron chi connectivity index (χ3n) is 2.94. The molecule has 86 valence electrons. The number of aryl methyl sites for hydroxylation is 1. The number of hydrogen-bond acceptors (Lipinski definition) is 1. The van der Waals surface area contributed by atoms with Crippen LogP contribution in [0, 0.1) is 13.8 Å². The molecule has 0 heterocycles. The lowest BCUT2D eigenvalue weighted by Crippen LogP contribution is -2.04. The van der Waals surface area contributed by atoms with Gasteiger partial charge in [-0.15, -0.1) is 0 Å². The zero-order chi connectivity index (χ0) is 12.4. The highest BCUT2D eigenvalue weighted by atomic mass is 35.5. The molecule has 0 saturated carbocycles. The topological polar surface area (TPSA) is 17.1 Å². The summed E-state index contributed by atoms with van der Waals surface area (Å²) in [5, 5.41) is 0.584. The van der Waals surface area contributed by atoms with E-state index in [9.17, 15) is 4.79 Å². The molecule has 0 aliphatic heterocycles. The van der Waals surface area contributed by atoms with Gasteiger partial charge in [0, 0.05) is 16.1 Å². The van der Waals surface area contributed by atoms with Crippen LogP contribution in [-0.4, -0.2) is 5.78 Å². The summed E-state index contributed by atoms with van der Waals surface area (Å²) < 4.78 is 0. The van der Waals surface area contributed by atoms with Gasteiger partial charge in [-0.2, -0.15) is 0 Å². The molecule has 0 atom stereocenters. The largest absolute Gasteiger partial charge is 0.289 e. The van der Waals surface area contributed by atoms with E-state index < -0.39 is 0 Å². The molecule has 1 nitrogen and oxygen atoms in total. The Morgan fingerprint density at radius 2 is 1.76 bits per heavy atom. The van der Waals surface area contributed by atoms with Crippen molar-refractivity contribution in [3.63, 3.8) is 0 Å². The number of rotatable bonds is 2. The van der Waals surface area contributed by atoms with Crippen LogP contribution in [0.2, 0.25) is 5.02 Å². The number of carbonyl (C=O) groups excluding carboxylic acids is 1. The second-order valence-electron chi connectivity index (χ2n) is 4.09. The summed E-state index contributed by atoms with van der Waals surface area (Å²) in [7, 11) is 0. The molecule has 0 amide bonds. The fourth-order valence-corrected chi connectivity index (χ4v) is 1.97. The summed E-state index contributed by atoms with van der Waals surface area (Å²) in [5.41, 5.74) is 3.52. The van der Waals surface area contributed by atoms with Gasteiger partial charge in [-0.3, -0.25) is 4.79 Å². The third kappa shape index (κ3) is 2.40. The lowest BCUT2D eigenvalue weighted by Gasteiger charge is -2.07. The molecule has 0 aromatic heterocycles. The molecule has 0 radical (unpaired) electrons. The predicted molar refractivity (Wildman–Crippen MR) is 70.8 cm³/mol. The van der Waals surface area contributed by atoms with Crippen molar-refractivity contribution < 1.29 is 4.79 Å². The van der Waals surface area contributed by atoms with Crippen LogP contribution < -0.4 is 0 Å². The van der Waals surface area contributed by atoms with Crippen molar-refractivity contribution in [1.82, 2.24) is 0 Å². The van der Waals surface area contributed by atoms with E-state index in [0.717, 1.165) is 16.7 Å². The average molecular weight is 245 g/mol. The summed E-state index contributed by atoms with van der Waals surface area (Å²) in [4.78, 5) is 12.3. The zero-order valence-corrected chi connectivity index (χ0v) is 10.6. The van der Waals surface area contributed by atoms with Gasteiger partial charge in [-0.05, 0) is 37.1 Å². The van der Waals surface area contributed by atoms with Crippen LogP contribution >= 0.6 is 11.6 Å². The molecule has 0 aliphatic carbocycles. The van der Waals surface area contributed by atoms with Gasteiger partial charge >= 0.3 is 0 Å². The van der Waals surface area contributed by atoms with Crippen molar-refractivity contribution >= 4 is 17.4 Å². The maximum absolute atomic E-state index is 12.3. The Labute approximate surface area is 106 Å². The predicted octanol–water partition coefficient (Wildman–Crippen LogP) is 4.19. The molecular weight excluding hydrogens is 232 g/mol. The maximum atomic E-state index is 12.3. The first kappa shape index (κ1) is 11.9. The number of hydrogen-bond donors (Lipinski definition) is 0. The van der Waals surface area contributed by atoms with E-state index in [1.54, 1.807) is 24.3 Å². The smallest absolute Gasteiger partial charge is 0.193 e. The number of ketones is 1. The van der Waals surface area contributed by atoms with E-state index in [1.165, 1.54) is 0 Å². The Bertz CT molecular complexity index is 573. The second kappa shape index (κ2) is 4.72. The van der Waals surface area contributed by atoms with Crippen molar-refractivity contribution in [3.05, 3.63) is 69.7 Å². The highest BCUT2D eigenvalue weighted by molar-refractivity contribution is 6.31. The van der Waals surface area contributed by atoms with Crippen LogP contribution in [0.15, 0.2) is 42.5 Å². The SMILES string of the molecule is Cc1cccc(C(=O)c2cccc(Cl)c2)c1C. The van der Waals surface area contributed by atoms with Crippen LogP contribution in [0.5, 0.6) is 0 Å². The van der Waals surface area contributed by atoms with Crippen LogP contribution in [0.25, 0.3) is 0 Å². The standard InChI is InChI=1S/C15H13ClO/c1-10-5-3-8-14(11(10)2)15(17)12-6-4-7-13(16)9-12/h3-9H,1-2H3. The molecular formula is C15H13ClO. The van der Waals surface area contributed by atoms with Gasteiger partial charge < -0.3 is 0 Å². The molecule has 0 saturated heterocycles. The first-order chi connectivity index (χ1) is 8.09. The van der Waals surface area contributed by atoms with Crippen molar-refractivity contribution in [2.45, 2.75) is 13.8 Å². The number of carbonyl (C=O) groups is 1. The molecule has 0 fully saturated rings. The molecule has 2 aromatic rings. The molecule has 2 heteroatoms. The quantitative estimate of drug-likeness (QED) is 0.724. The first-order valence-corrected chi connectivity index (χ1v) is 5.84. The van der Waals surface area contributed by atoms with Gasteiger partial charge in [0.15, 0.2) is 5.78 Å². The molecule has 2 aromatic carbocycles. The molecule has 0 N–H and O–H groups in total. The van der Waals surface area contributed by atoms with Crippen LogP contribution in [-0.2, 0) is 0 Å². The van der Waals surface area contributed by atoms with E-state index in [2.05, 4.69) is 0 Å². The van der Waals surface area contributed by atoms with E-state index >= 15 is 0 Å². The van der Waals surface area contributed by atoms with Crippen molar-refractivity contribution in [2.75, 3.05) is 0 Å². The lowest BCUT2D eigenvalue weighted by molar-refractivity contribution is 0.103. The van der Waals surface area contributed by atoms with E-state index in [1.807, 2.05) is 32.0 Å². The lowest BCUT2D eigenvalue weighted by atomic mass is 9.96. The Morgan fingerprint density at radius 3 is 2.47 bits per heavy atom. The minimum Gasteiger partial charge on any atom is -0.289 e. The Kier molecular flexibility index (Phi) is 3.30. The van der Waals surface area contributed by atoms with Crippen LogP contribution in [0.3, 0.4) is 0 Å². The van der Waals surface area contributed by atoms with Crippen molar-refractivity contribution in [2.24, 2.45) is 0 Å². The first-order valence-electron chi connectivity index (χ1n) is 5.46. The Morgan fingerprint density at radius 1 is 1.06 bits per heavy atom. The summed E-state index contributed by atoms with van der Waals surface area (Å²) in [6.45, 7) is 3.97. The van der Waals surface area contributed by atoms with Gasteiger partial charge in [0.1, 0.15) is 0 Å². The molecule has 0 bridgehead atoms. The van der Waals surface area contributed by atoms with Gasteiger partial charge in [-0.25, -0.2) is 0 Å². The molecule has 0 spiro atoms. The average Bonchev–Trinajstić information content (AvgIpc) is 2.32. The highest BCUT2D eigenvalue weighted by Gasteiger charge is 2.12. The van der Waals surface area contributed by atoms with Gasteiger partial charge in [0.2, 0.25) is 0 Å². The van der Waals surface area contributed by atoms with Gasteiger partial charge in [0.05, 0.1) is 0 Å². The highest BCUT2D eigenvalue weighted by Crippen LogP contribution is 2.19. The van der Waals surface area contributed by atoms with E-state index in [0.29, 0.717) is 10.6 Å². The third-order valence-corrected chi connectivity index (χ3v) is 3.17. The second-order valence-corrected chi connectivity index (χ2v) is 4.52. The van der Waals surface area contributed by atoms with Crippen molar-refractivity contribution in [3.8, 4) is 0 Å². The van der Waals surface area contributed by atoms with Gasteiger partial charge in [0.25, 0.3) is 0 Å².